The molecule has 0 aliphatic rings. The van der Waals surface area contributed by atoms with E-state index in [0.717, 1.165) is 0 Å². The standard InChI is InChI=1S/H3N.2Na.H3O4P.H2O4Si.H2O/c;;;2*1-5(2,3)4;/h1H3;;;(H3,1,2,3,4);1-2H;1H2/q;2*+1;;-2;. The van der Waals surface area contributed by atoms with E-state index < -0.39 is 16.9 Å². The Balaban J connectivity index is -0.0000000178. The van der Waals surface area contributed by atoms with Crippen LogP contribution in [0.15, 0.2) is 0 Å². The maximum atomic E-state index is 8.88. The smallest absolute Gasteiger partial charge is 0.828 e. The molecule has 0 rings (SSSR count). The summed E-state index contributed by atoms with van der Waals surface area (Å²) < 4.78 is 8.88. The van der Waals surface area contributed by atoms with Gasteiger partial charge in [0, 0.05) is 0 Å². The number of hydrogen-bond acceptors (Lipinski definition) is 6. The zero-order chi connectivity index (χ0) is 9.00. The van der Waals surface area contributed by atoms with E-state index in [-0.39, 0.29) is 70.7 Å². The van der Waals surface area contributed by atoms with E-state index in [1.807, 2.05) is 0 Å². The van der Waals surface area contributed by atoms with Crippen LogP contribution in [0.2, 0.25) is 0 Å². The molecule has 80 valence electrons. The van der Waals surface area contributed by atoms with E-state index >= 15 is 0 Å². The summed E-state index contributed by atoms with van der Waals surface area (Å²) in [6.07, 6.45) is 0. The van der Waals surface area contributed by atoms with Crippen LogP contribution in [0.4, 0.5) is 0 Å². The molecule has 0 spiro atoms. The van der Waals surface area contributed by atoms with Crippen LogP contribution >= 0.6 is 7.82 Å². The fourth-order valence-corrected chi connectivity index (χ4v) is 0. The van der Waals surface area contributed by atoms with Crippen LogP contribution in [0.1, 0.15) is 0 Å². The summed E-state index contributed by atoms with van der Waals surface area (Å²) in [5.74, 6) is 0. The van der Waals surface area contributed by atoms with Crippen molar-refractivity contribution < 1.29 is 103 Å². The SMILES string of the molecule is N.O.O=P(O)(O)O.[Na+].[Na+].[O-][Si]([O-])(O)O. The van der Waals surface area contributed by atoms with Gasteiger partial charge in [0.15, 0.2) is 0 Å². The molecule has 0 bridgehead atoms. The van der Waals surface area contributed by atoms with Crippen molar-refractivity contribution in [2.24, 2.45) is 0 Å². The van der Waals surface area contributed by atoms with Crippen LogP contribution in [0.25, 0.3) is 0 Å². The first-order valence-electron chi connectivity index (χ1n) is 1.64. The molecule has 0 atom stereocenters. The second kappa shape index (κ2) is 15.1. The fourth-order valence-electron chi connectivity index (χ4n) is 0. The maximum absolute atomic E-state index is 8.88. The minimum atomic E-state index is -5.11. The van der Waals surface area contributed by atoms with Crippen molar-refractivity contribution in [2.45, 2.75) is 0 Å². The predicted molar refractivity (Wildman–Crippen MR) is 33.1 cm³/mol. The molecule has 10 nitrogen and oxygen atoms in total. The molecule has 0 aliphatic heterocycles. The molecule has 0 aromatic rings. The Labute approximate surface area is 125 Å². The van der Waals surface area contributed by atoms with Crippen LogP contribution in [0.5, 0.6) is 0 Å². The third-order valence-electron chi connectivity index (χ3n) is 0. The molecule has 0 saturated heterocycles. The van der Waals surface area contributed by atoms with Crippen molar-refractivity contribution in [1.29, 1.82) is 0 Å². The van der Waals surface area contributed by atoms with Gasteiger partial charge >= 0.3 is 66.9 Å². The molecule has 0 aromatic carbocycles. The van der Waals surface area contributed by atoms with Gasteiger partial charge < -0.3 is 45.5 Å². The third-order valence-corrected chi connectivity index (χ3v) is 0. The third kappa shape index (κ3) is 554. The number of hydrogen-bond donors (Lipinski definition) is 6. The molecular weight excluding hydrogens is 263 g/mol. The van der Waals surface area contributed by atoms with E-state index in [2.05, 4.69) is 0 Å². The van der Waals surface area contributed by atoms with Crippen molar-refractivity contribution in [2.75, 3.05) is 0 Å². The molecule has 0 fully saturated rings. The molecule has 0 saturated carbocycles. The Bertz CT molecular complexity index is 115. The molecule has 10 N–H and O–H groups in total. The molecule has 0 unspecified atom stereocenters. The minimum absolute atomic E-state index is 0. The van der Waals surface area contributed by atoms with Crippen molar-refractivity contribution in [3.63, 3.8) is 0 Å². The molecule has 14 heteroatoms. The zero-order valence-electron chi connectivity index (χ0n) is 7.62. The van der Waals surface area contributed by atoms with Gasteiger partial charge in [0.2, 0.25) is 0 Å². The first-order valence-corrected chi connectivity index (χ1v) is 4.91. The Morgan fingerprint density at radius 3 is 1.00 bits per heavy atom. The largest absolute Gasteiger partial charge is 1.00 e. The predicted octanol–water partition coefficient (Wildman–Crippen LogP) is -11.5. The van der Waals surface area contributed by atoms with Gasteiger partial charge in [-0.15, -0.1) is 0 Å². The van der Waals surface area contributed by atoms with Gasteiger partial charge in [0.1, 0.15) is 9.05 Å². The summed E-state index contributed by atoms with van der Waals surface area (Å²) >= 11 is 0. The molecule has 0 aromatic heterocycles. The van der Waals surface area contributed by atoms with Crippen LogP contribution in [0.3, 0.4) is 0 Å². The Morgan fingerprint density at radius 1 is 1.00 bits per heavy atom. The van der Waals surface area contributed by atoms with E-state index in [4.69, 9.17) is 38.4 Å². The van der Waals surface area contributed by atoms with Gasteiger partial charge in [0.25, 0.3) is 0 Å². The van der Waals surface area contributed by atoms with E-state index in [1.165, 1.54) is 0 Å². The van der Waals surface area contributed by atoms with E-state index in [9.17, 15) is 0 Å². The van der Waals surface area contributed by atoms with Gasteiger partial charge in [0.05, 0.1) is 0 Å². The Morgan fingerprint density at radius 2 is 1.00 bits per heavy atom. The minimum Gasteiger partial charge on any atom is -0.828 e. The molecule has 0 radical (unpaired) electrons. The van der Waals surface area contributed by atoms with Crippen molar-refractivity contribution in [3.05, 3.63) is 0 Å². The summed E-state index contributed by atoms with van der Waals surface area (Å²) in [6, 6.07) is 0. The molecular formula is H10NNa2O9PSi. The molecule has 0 amide bonds. The number of rotatable bonds is 0. The monoisotopic (exact) mass is 273 g/mol. The Kier molecular flexibility index (Phi) is 38.8. The molecule has 14 heavy (non-hydrogen) atoms. The number of phosphoric acid groups is 1. The zero-order valence-corrected chi connectivity index (χ0v) is 13.5. The van der Waals surface area contributed by atoms with Gasteiger partial charge in [-0.2, -0.15) is 0 Å². The van der Waals surface area contributed by atoms with Crippen molar-refractivity contribution in [1.82, 2.24) is 6.15 Å². The summed E-state index contributed by atoms with van der Waals surface area (Å²) in [5.41, 5.74) is 0. The fraction of sp³-hybridized carbons (Fsp3) is 0. The average molecular weight is 273 g/mol. The molecule has 0 heterocycles. The second-order valence-electron chi connectivity index (χ2n) is 1.06. The average Bonchev–Trinajstić information content (AvgIpc) is 1.12. The van der Waals surface area contributed by atoms with Crippen molar-refractivity contribution >= 4 is 16.9 Å². The molecule has 0 aliphatic carbocycles. The van der Waals surface area contributed by atoms with Gasteiger partial charge in [-0.1, -0.05) is 0 Å². The van der Waals surface area contributed by atoms with Gasteiger partial charge in [-0.25, -0.2) is 4.57 Å². The first-order chi connectivity index (χ1) is 4.00. The van der Waals surface area contributed by atoms with Gasteiger partial charge in [-0.05, 0) is 0 Å². The van der Waals surface area contributed by atoms with Crippen LogP contribution in [-0.2, 0) is 4.57 Å². The van der Waals surface area contributed by atoms with Crippen LogP contribution in [0, 0.1) is 0 Å². The van der Waals surface area contributed by atoms with Crippen LogP contribution in [-0.4, -0.2) is 38.8 Å². The Hall–Kier alpha value is 2.09. The van der Waals surface area contributed by atoms with Crippen molar-refractivity contribution in [3.8, 4) is 0 Å². The topological polar surface area (TPSA) is 231 Å². The summed E-state index contributed by atoms with van der Waals surface area (Å²) in [4.78, 5) is 53.4. The second-order valence-corrected chi connectivity index (χ2v) is 3.19. The first kappa shape index (κ1) is 36.0. The maximum Gasteiger partial charge on any atom is 1.00 e. The van der Waals surface area contributed by atoms with E-state index in [1.54, 1.807) is 0 Å². The summed E-state index contributed by atoms with van der Waals surface area (Å²) in [5, 5.41) is 0. The quantitative estimate of drug-likeness (QED) is 0.181. The van der Waals surface area contributed by atoms with Crippen LogP contribution < -0.4 is 74.9 Å². The summed E-state index contributed by atoms with van der Waals surface area (Å²) in [7, 11) is -9.75. The summed E-state index contributed by atoms with van der Waals surface area (Å²) in [6.45, 7) is 0. The van der Waals surface area contributed by atoms with Gasteiger partial charge in [-0.3, -0.25) is 0 Å². The normalized spacial score (nSPS) is 8.50. The van der Waals surface area contributed by atoms with E-state index in [0.29, 0.717) is 0 Å².